The second kappa shape index (κ2) is 8.53. The van der Waals surface area contributed by atoms with Crippen LogP contribution in [0.25, 0.3) is 0 Å². The minimum atomic E-state index is -0.265. The van der Waals surface area contributed by atoms with Crippen LogP contribution in [0.4, 0.5) is 4.39 Å². The Morgan fingerprint density at radius 2 is 1.87 bits per heavy atom. The van der Waals surface area contributed by atoms with Gasteiger partial charge in [-0.05, 0) is 50.5 Å². The van der Waals surface area contributed by atoms with Crippen molar-refractivity contribution >= 4 is 0 Å². The zero-order valence-electron chi connectivity index (χ0n) is 13.7. The van der Waals surface area contributed by atoms with Crippen LogP contribution >= 0.6 is 0 Å². The molecule has 4 heteroatoms. The number of benzene rings is 2. The standard InChI is InChI=1S/C19H24FNO2/c1-3-22-19-12-15(9-8-14(2)21)10-11-18(19)23-13-16-6-4-5-7-17(16)20/h4-7,10-12,14H,3,8-9,13,21H2,1-2H3. The van der Waals surface area contributed by atoms with Gasteiger partial charge in [-0.1, -0.05) is 24.3 Å². The molecule has 0 bridgehead atoms. The first kappa shape index (κ1) is 17.3. The highest BCUT2D eigenvalue weighted by Crippen LogP contribution is 2.30. The highest BCUT2D eigenvalue weighted by atomic mass is 19.1. The van der Waals surface area contributed by atoms with Gasteiger partial charge in [0.15, 0.2) is 11.5 Å². The number of hydrogen-bond donors (Lipinski definition) is 1. The summed E-state index contributed by atoms with van der Waals surface area (Å²) in [7, 11) is 0. The first-order valence-electron chi connectivity index (χ1n) is 7.97. The number of halogens is 1. The molecule has 0 aromatic heterocycles. The van der Waals surface area contributed by atoms with E-state index in [1.165, 1.54) is 6.07 Å². The number of rotatable bonds is 8. The molecule has 0 aliphatic rings. The third-order valence-electron chi connectivity index (χ3n) is 3.54. The molecule has 2 aromatic carbocycles. The second-order valence-corrected chi connectivity index (χ2v) is 5.61. The monoisotopic (exact) mass is 317 g/mol. The molecule has 124 valence electrons. The molecule has 0 amide bonds. The van der Waals surface area contributed by atoms with Crippen molar-refractivity contribution in [3.8, 4) is 11.5 Å². The van der Waals surface area contributed by atoms with E-state index in [9.17, 15) is 4.39 Å². The van der Waals surface area contributed by atoms with E-state index < -0.39 is 0 Å². The third kappa shape index (κ3) is 5.25. The molecule has 0 spiro atoms. The maximum absolute atomic E-state index is 13.7. The lowest BCUT2D eigenvalue weighted by molar-refractivity contribution is 0.265. The van der Waals surface area contributed by atoms with Gasteiger partial charge in [0, 0.05) is 11.6 Å². The second-order valence-electron chi connectivity index (χ2n) is 5.61. The fraction of sp³-hybridized carbons (Fsp3) is 0.368. The Balaban J connectivity index is 2.09. The van der Waals surface area contributed by atoms with Crippen LogP contribution in [-0.2, 0) is 13.0 Å². The number of ether oxygens (including phenoxy) is 2. The Morgan fingerprint density at radius 1 is 1.09 bits per heavy atom. The molecule has 0 fully saturated rings. The normalized spacial score (nSPS) is 12.0. The zero-order valence-corrected chi connectivity index (χ0v) is 13.7. The maximum Gasteiger partial charge on any atom is 0.161 e. The predicted octanol–water partition coefficient (Wildman–Crippen LogP) is 4.08. The van der Waals surface area contributed by atoms with Crippen LogP contribution < -0.4 is 15.2 Å². The zero-order chi connectivity index (χ0) is 16.7. The summed E-state index contributed by atoms with van der Waals surface area (Å²) in [5.74, 6) is 1.05. The van der Waals surface area contributed by atoms with Crippen molar-refractivity contribution in [2.75, 3.05) is 6.61 Å². The van der Waals surface area contributed by atoms with Gasteiger partial charge in [-0.2, -0.15) is 0 Å². The minimum Gasteiger partial charge on any atom is -0.490 e. The molecule has 0 radical (unpaired) electrons. The summed E-state index contributed by atoms with van der Waals surface area (Å²) >= 11 is 0. The Labute approximate surface area is 137 Å². The van der Waals surface area contributed by atoms with E-state index in [0.717, 1.165) is 18.4 Å². The van der Waals surface area contributed by atoms with Crippen LogP contribution in [0, 0.1) is 5.82 Å². The summed E-state index contributed by atoms with van der Waals surface area (Å²) in [5.41, 5.74) is 7.48. The van der Waals surface area contributed by atoms with Gasteiger partial charge in [-0.3, -0.25) is 0 Å². The van der Waals surface area contributed by atoms with E-state index in [1.54, 1.807) is 18.2 Å². The average molecular weight is 317 g/mol. The molecule has 2 rings (SSSR count). The minimum absolute atomic E-state index is 0.169. The van der Waals surface area contributed by atoms with Crippen molar-refractivity contribution in [2.24, 2.45) is 5.73 Å². The molecule has 2 aromatic rings. The van der Waals surface area contributed by atoms with E-state index in [4.69, 9.17) is 15.2 Å². The largest absolute Gasteiger partial charge is 0.490 e. The van der Waals surface area contributed by atoms with E-state index in [1.807, 2.05) is 32.0 Å². The van der Waals surface area contributed by atoms with E-state index in [0.29, 0.717) is 23.7 Å². The fourth-order valence-corrected chi connectivity index (χ4v) is 2.26. The summed E-state index contributed by atoms with van der Waals surface area (Å²) in [5, 5.41) is 0. The van der Waals surface area contributed by atoms with Crippen molar-refractivity contribution in [1.29, 1.82) is 0 Å². The van der Waals surface area contributed by atoms with Gasteiger partial charge in [-0.15, -0.1) is 0 Å². The summed E-state index contributed by atoms with van der Waals surface area (Å²) in [6, 6.07) is 12.6. The van der Waals surface area contributed by atoms with Crippen LogP contribution in [0.5, 0.6) is 11.5 Å². The fourth-order valence-electron chi connectivity index (χ4n) is 2.26. The molecule has 0 saturated carbocycles. The molecule has 0 saturated heterocycles. The van der Waals surface area contributed by atoms with Crippen LogP contribution in [0.2, 0.25) is 0 Å². The average Bonchev–Trinajstić information content (AvgIpc) is 2.53. The van der Waals surface area contributed by atoms with E-state index in [-0.39, 0.29) is 18.5 Å². The molecule has 23 heavy (non-hydrogen) atoms. The predicted molar refractivity (Wildman–Crippen MR) is 90.3 cm³/mol. The van der Waals surface area contributed by atoms with Crippen molar-refractivity contribution in [3.05, 3.63) is 59.4 Å². The van der Waals surface area contributed by atoms with Gasteiger partial charge in [0.05, 0.1) is 6.61 Å². The van der Waals surface area contributed by atoms with Crippen molar-refractivity contribution < 1.29 is 13.9 Å². The summed E-state index contributed by atoms with van der Waals surface area (Å²) in [6.07, 6.45) is 1.81. The first-order valence-corrected chi connectivity index (χ1v) is 7.97. The Morgan fingerprint density at radius 3 is 2.57 bits per heavy atom. The molecule has 0 aliphatic carbocycles. The van der Waals surface area contributed by atoms with Crippen LogP contribution in [0.15, 0.2) is 42.5 Å². The Kier molecular flexibility index (Phi) is 6.41. The SMILES string of the molecule is CCOc1cc(CCC(C)N)ccc1OCc1ccccc1F. The lowest BCUT2D eigenvalue weighted by Crippen LogP contribution is -2.15. The molecule has 0 aliphatic heterocycles. The molecular weight excluding hydrogens is 293 g/mol. The molecule has 1 atom stereocenters. The van der Waals surface area contributed by atoms with Gasteiger partial charge >= 0.3 is 0 Å². The quantitative estimate of drug-likeness (QED) is 0.798. The lowest BCUT2D eigenvalue weighted by Gasteiger charge is -2.14. The Hall–Kier alpha value is -2.07. The summed E-state index contributed by atoms with van der Waals surface area (Å²) in [4.78, 5) is 0. The molecule has 1 unspecified atom stereocenters. The number of nitrogens with two attached hydrogens (primary N) is 1. The van der Waals surface area contributed by atoms with Gasteiger partial charge in [0.25, 0.3) is 0 Å². The van der Waals surface area contributed by atoms with E-state index in [2.05, 4.69) is 0 Å². The van der Waals surface area contributed by atoms with Gasteiger partial charge in [-0.25, -0.2) is 4.39 Å². The lowest BCUT2D eigenvalue weighted by atomic mass is 10.1. The smallest absolute Gasteiger partial charge is 0.161 e. The first-order chi connectivity index (χ1) is 11.1. The molecular formula is C19H24FNO2. The summed E-state index contributed by atoms with van der Waals surface area (Å²) in [6.45, 7) is 4.64. The number of hydrogen-bond acceptors (Lipinski definition) is 3. The molecule has 0 heterocycles. The van der Waals surface area contributed by atoms with Crippen molar-refractivity contribution in [1.82, 2.24) is 0 Å². The topological polar surface area (TPSA) is 44.5 Å². The maximum atomic E-state index is 13.7. The number of aryl methyl sites for hydroxylation is 1. The summed E-state index contributed by atoms with van der Waals surface area (Å²) < 4.78 is 25.1. The van der Waals surface area contributed by atoms with Crippen LogP contribution in [0.1, 0.15) is 31.4 Å². The van der Waals surface area contributed by atoms with Crippen LogP contribution in [0.3, 0.4) is 0 Å². The highest BCUT2D eigenvalue weighted by Gasteiger charge is 2.09. The van der Waals surface area contributed by atoms with Crippen LogP contribution in [-0.4, -0.2) is 12.6 Å². The van der Waals surface area contributed by atoms with Crippen molar-refractivity contribution in [2.45, 2.75) is 39.3 Å². The molecule has 3 nitrogen and oxygen atoms in total. The Bertz CT molecular complexity index is 629. The third-order valence-corrected chi connectivity index (χ3v) is 3.54. The van der Waals surface area contributed by atoms with E-state index >= 15 is 0 Å². The highest BCUT2D eigenvalue weighted by molar-refractivity contribution is 5.43. The van der Waals surface area contributed by atoms with Gasteiger partial charge in [0.2, 0.25) is 0 Å². The van der Waals surface area contributed by atoms with Gasteiger partial charge < -0.3 is 15.2 Å². The van der Waals surface area contributed by atoms with Gasteiger partial charge in [0.1, 0.15) is 12.4 Å². The van der Waals surface area contributed by atoms with Crippen molar-refractivity contribution in [3.63, 3.8) is 0 Å². The molecule has 2 N–H and O–H groups in total.